The van der Waals surface area contributed by atoms with Gasteiger partial charge in [-0.25, -0.2) is 0 Å². The Kier molecular flexibility index (Phi) is 5.53. The summed E-state index contributed by atoms with van der Waals surface area (Å²) in [5.41, 5.74) is 0. The van der Waals surface area contributed by atoms with Gasteiger partial charge in [0.05, 0.1) is 0 Å². The van der Waals surface area contributed by atoms with E-state index >= 15 is 0 Å². The quantitative estimate of drug-likeness (QED) is 0.840. The summed E-state index contributed by atoms with van der Waals surface area (Å²) in [6, 6.07) is 8.04. The molecule has 0 heterocycles. The first kappa shape index (κ1) is 14.7. The van der Waals surface area contributed by atoms with Crippen molar-refractivity contribution in [2.24, 2.45) is 5.92 Å². The van der Waals surface area contributed by atoms with Gasteiger partial charge in [0.1, 0.15) is 11.9 Å². The zero-order chi connectivity index (χ0) is 13.7. The number of benzene rings is 1. The third-order valence-corrected chi connectivity index (χ3v) is 4.35. The number of rotatable bonds is 6. The van der Waals surface area contributed by atoms with Gasteiger partial charge in [-0.05, 0) is 44.5 Å². The molecule has 2 rings (SSSR count). The first-order valence-corrected chi connectivity index (χ1v) is 7.66. The van der Waals surface area contributed by atoms with Crippen LogP contribution in [-0.4, -0.2) is 19.2 Å². The second-order valence-corrected chi connectivity index (χ2v) is 6.00. The molecule has 3 heteroatoms. The number of nitrogens with one attached hydrogen (secondary N) is 1. The maximum atomic E-state index is 6.01. The van der Waals surface area contributed by atoms with Crippen LogP contribution in [0.4, 0.5) is 0 Å². The van der Waals surface area contributed by atoms with Crippen molar-refractivity contribution in [1.82, 2.24) is 5.32 Å². The van der Waals surface area contributed by atoms with E-state index in [9.17, 15) is 0 Å². The molecule has 1 aromatic carbocycles. The molecule has 1 N–H and O–H groups in total. The van der Waals surface area contributed by atoms with E-state index in [-0.39, 0.29) is 6.10 Å². The van der Waals surface area contributed by atoms with Gasteiger partial charge in [0, 0.05) is 11.1 Å². The van der Waals surface area contributed by atoms with Crippen molar-refractivity contribution in [3.05, 3.63) is 29.3 Å². The van der Waals surface area contributed by atoms with Crippen LogP contribution in [0.2, 0.25) is 5.02 Å². The summed E-state index contributed by atoms with van der Waals surface area (Å²) in [6.07, 6.45) is 6.90. The molecule has 2 unspecified atom stereocenters. The highest BCUT2D eigenvalue weighted by Gasteiger charge is 2.24. The number of halogens is 1. The molecule has 1 fully saturated rings. The van der Waals surface area contributed by atoms with Crippen molar-refractivity contribution >= 4 is 11.6 Å². The highest BCUT2D eigenvalue weighted by molar-refractivity contribution is 6.30. The molecule has 0 aliphatic heterocycles. The van der Waals surface area contributed by atoms with E-state index in [1.54, 1.807) is 0 Å². The molecular formula is C16H24ClNO. The lowest BCUT2D eigenvalue weighted by Crippen LogP contribution is -2.40. The van der Waals surface area contributed by atoms with Crippen LogP contribution in [0.3, 0.4) is 0 Å². The van der Waals surface area contributed by atoms with E-state index in [1.807, 2.05) is 31.3 Å². The van der Waals surface area contributed by atoms with Crippen molar-refractivity contribution in [3.8, 4) is 5.75 Å². The Hall–Kier alpha value is -0.730. The molecule has 0 radical (unpaired) electrons. The van der Waals surface area contributed by atoms with E-state index in [4.69, 9.17) is 16.3 Å². The van der Waals surface area contributed by atoms with E-state index in [2.05, 4.69) is 12.2 Å². The summed E-state index contributed by atoms with van der Waals surface area (Å²) in [5, 5.41) is 4.13. The number of hydrogen-bond donors (Lipinski definition) is 1. The highest BCUT2D eigenvalue weighted by Crippen LogP contribution is 2.30. The number of ether oxygens (including phenoxy) is 1. The average Bonchev–Trinajstić information content (AvgIpc) is 2.88. The van der Waals surface area contributed by atoms with Gasteiger partial charge in [0.2, 0.25) is 0 Å². The maximum Gasteiger partial charge on any atom is 0.121 e. The fourth-order valence-electron chi connectivity index (χ4n) is 2.99. The van der Waals surface area contributed by atoms with E-state index in [1.165, 1.54) is 32.1 Å². The molecule has 1 saturated carbocycles. The average molecular weight is 282 g/mol. The van der Waals surface area contributed by atoms with Crippen LogP contribution in [0.5, 0.6) is 5.75 Å². The minimum Gasteiger partial charge on any atom is -0.489 e. The summed E-state index contributed by atoms with van der Waals surface area (Å²) in [4.78, 5) is 0. The summed E-state index contributed by atoms with van der Waals surface area (Å²) in [6.45, 7) is 2.14. The topological polar surface area (TPSA) is 21.3 Å². The standard InChI is InChI=1S/C16H24ClNO/c1-12(19-15-9-5-8-14(17)11-15)16(18-2)10-13-6-3-4-7-13/h5,8-9,11-13,16,18H,3-4,6-7,10H2,1-2H3. The molecule has 19 heavy (non-hydrogen) atoms. The fourth-order valence-corrected chi connectivity index (χ4v) is 3.17. The van der Waals surface area contributed by atoms with Crippen LogP contribution < -0.4 is 10.1 Å². The SMILES string of the molecule is CNC(CC1CCCC1)C(C)Oc1cccc(Cl)c1. The Bertz CT molecular complexity index is 390. The Morgan fingerprint density at radius 3 is 2.74 bits per heavy atom. The van der Waals surface area contributed by atoms with Crippen LogP contribution in [0.1, 0.15) is 39.0 Å². The minimum absolute atomic E-state index is 0.157. The van der Waals surface area contributed by atoms with Gasteiger partial charge in [0.25, 0.3) is 0 Å². The number of likely N-dealkylation sites (N-methyl/N-ethyl adjacent to an activating group) is 1. The Labute approximate surface area is 121 Å². The van der Waals surface area contributed by atoms with Gasteiger partial charge >= 0.3 is 0 Å². The fraction of sp³-hybridized carbons (Fsp3) is 0.625. The van der Waals surface area contributed by atoms with Gasteiger partial charge in [0.15, 0.2) is 0 Å². The lowest BCUT2D eigenvalue weighted by molar-refractivity contribution is 0.158. The maximum absolute atomic E-state index is 6.01. The van der Waals surface area contributed by atoms with Gasteiger partial charge < -0.3 is 10.1 Å². The Morgan fingerprint density at radius 1 is 1.37 bits per heavy atom. The number of hydrogen-bond acceptors (Lipinski definition) is 2. The predicted molar refractivity (Wildman–Crippen MR) is 81.0 cm³/mol. The molecule has 106 valence electrons. The smallest absolute Gasteiger partial charge is 0.121 e. The molecule has 0 spiro atoms. The molecule has 2 atom stereocenters. The summed E-state index contributed by atoms with van der Waals surface area (Å²) < 4.78 is 6.01. The third-order valence-electron chi connectivity index (χ3n) is 4.12. The van der Waals surface area contributed by atoms with Crippen LogP contribution in [-0.2, 0) is 0 Å². The van der Waals surface area contributed by atoms with Crippen molar-refractivity contribution in [2.75, 3.05) is 7.05 Å². The van der Waals surface area contributed by atoms with Crippen LogP contribution in [0.25, 0.3) is 0 Å². The molecule has 1 aromatic rings. The summed E-state index contributed by atoms with van der Waals surface area (Å²) >= 11 is 5.98. The molecule has 0 saturated heterocycles. The molecule has 0 bridgehead atoms. The minimum atomic E-state index is 0.157. The normalized spacial score (nSPS) is 19.3. The molecule has 0 amide bonds. The predicted octanol–water partition coefficient (Wildman–Crippen LogP) is 4.28. The van der Waals surface area contributed by atoms with Gasteiger partial charge in [-0.15, -0.1) is 0 Å². The second-order valence-electron chi connectivity index (χ2n) is 5.56. The van der Waals surface area contributed by atoms with Gasteiger partial charge in [-0.1, -0.05) is 43.4 Å². The van der Waals surface area contributed by atoms with Crippen molar-refractivity contribution < 1.29 is 4.74 Å². The van der Waals surface area contributed by atoms with Crippen molar-refractivity contribution in [2.45, 2.75) is 51.2 Å². The van der Waals surface area contributed by atoms with Crippen LogP contribution >= 0.6 is 11.6 Å². The van der Waals surface area contributed by atoms with Crippen LogP contribution in [0.15, 0.2) is 24.3 Å². The zero-order valence-electron chi connectivity index (χ0n) is 11.9. The first-order valence-electron chi connectivity index (χ1n) is 7.28. The Balaban J connectivity index is 1.90. The van der Waals surface area contributed by atoms with E-state index in [0.717, 1.165) is 16.7 Å². The van der Waals surface area contributed by atoms with Gasteiger partial charge in [-0.3, -0.25) is 0 Å². The largest absolute Gasteiger partial charge is 0.489 e. The van der Waals surface area contributed by atoms with Crippen molar-refractivity contribution in [1.29, 1.82) is 0 Å². The second kappa shape index (κ2) is 7.16. The first-order chi connectivity index (χ1) is 9.19. The molecule has 2 nitrogen and oxygen atoms in total. The molecule has 0 aromatic heterocycles. The van der Waals surface area contributed by atoms with Crippen molar-refractivity contribution in [3.63, 3.8) is 0 Å². The zero-order valence-corrected chi connectivity index (χ0v) is 12.6. The van der Waals surface area contributed by atoms with E-state index in [0.29, 0.717) is 6.04 Å². The molecule has 1 aliphatic carbocycles. The van der Waals surface area contributed by atoms with Crippen LogP contribution in [0, 0.1) is 5.92 Å². The van der Waals surface area contributed by atoms with Gasteiger partial charge in [-0.2, -0.15) is 0 Å². The van der Waals surface area contributed by atoms with E-state index < -0.39 is 0 Å². The third kappa shape index (κ3) is 4.39. The molecule has 1 aliphatic rings. The summed E-state index contributed by atoms with van der Waals surface area (Å²) in [7, 11) is 2.03. The highest BCUT2D eigenvalue weighted by atomic mass is 35.5. The Morgan fingerprint density at radius 2 is 2.11 bits per heavy atom. The lowest BCUT2D eigenvalue weighted by atomic mass is 9.95. The summed E-state index contributed by atoms with van der Waals surface area (Å²) in [5.74, 6) is 1.72. The monoisotopic (exact) mass is 281 g/mol. The molecular weight excluding hydrogens is 258 g/mol. The lowest BCUT2D eigenvalue weighted by Gasteiger charge is -2.27.